The molecule has 3 aromatic rings. The molecule has 2 fully saturated rings. The Morgan fingerprint density at radius 3 is 2.66 bits per heavy atom. The molecule has 0 spiro atoms. The first-order valence-corrected chi connectivity index (χ1v) is 12.2. The highest BCUT2D eigenvalue weighted by atomic mass is 16.5. The molecule has 0 unspecified atom stereocenters. The number of aromatic nitrogens is 4. The van der Waals surface area contributed by atoms with E-state index in [1.807, 2.05) is 12.1 Å². The molecule has 0 radical (unpaired) electrons. The van der Waals surface area contributed by atoms with Crippen molar-refractivity contribution < 1.29 is 9.53 Å². The second-order valence-electron chi connectivity index (χ2n) is 9.28. The molecule has 1 saturated heterocycles. The standard InChI is InChI=1S/C25H32N8O2/c1-32-10-12-33(13-11-32)16-18-6-8-19(9-7-18)29-25(34)24-21(15-28-31-24)30-22-14-23(27-17-26-22)35-20-4-2-3-5-20/h6-9,14-15,17,20H,2-5,10-13,16H2,1H3,(H,28,31)(H,29,34)(H,26,27,30). The lowest BCUT2D eigenvalue weighted by Crippen LogP contribution is -2.43. The lowest BCUT2D eigenvalue weighted by Gasteiger charge is -2.32. The highest BCUT2D eigenvalue weighted by Gasteiger charge is 2.19. The number of carbonyl (C=O) groups is 1. The number of nitrogens with zero attached hydrogens (tertiary/aromatic N) is 5. The fourth-order valence-corrected chi connectivity index (χ4v) is 4.49. The Bertz CT molecular complexity index is 1120. The van der Waals surface area contributed by atoms with Gasteiger partial charge in [-0.15, -0.1) is 0 Å². The largest absolute Gasteiger partial charge is 0.474 e. The van der Waals surface area contributed by atoms with Crippen LogP contribution in [0.15, 0.2) is 42.9 Å². The van der Waals surface area contributed by atoms with Gasteiger partial charge in [-0.05, 0) is 50.4 Å². The summed E-state index contributed by atoms with van der Waals surface area (Å²) in [4.78, 5) is 26.2. The zero-order valence-corrected chi connectivity index (χ0v) is 20.0. The first kappa shape index (κ1) is 23.3. The highest BCUT2D eigenvalue weighted by Crippen LogP contribution is 2.25. The smallest absolute Gasteiger partial charge is 0.275 e. The predicted octanol–water partition coefficient (Wildman–Crippen LogP) is 3.26. The van der Waals surface area contributed by atoms with Crippen LogP contribution in [0.25, 0.3) is 0 Å². The van der Waals surface area contributed by atoms with Crippen molar-refractivity contribution in [2.24, 2.45) is 0 Å². The molecule has 3 N–H and O–H groups in total. The Labute approximate surface area is 205 Å². The van der Waals surface area contributed by atoms with Gasteiger partial charge < -0.3 is 20.3 Å². The van der Waals surface area contributed by atoms with E-state index in [9.17, 15) is 4.79 Å². The van der Waals surface area contributed by atoms with E-state index in [4.69, 9.17) is 4.74 Å². The number of aromatic amines is 1. The van der Waals surface area contributed by atoms with Crippen molar-refractivity contribution >= 4 is 23.1 Å². The van der Waals surface area contributed by atoms with Crippen LogP contribution in [-0.4, -0.2) is 75.2 Å². The molecule has 0 atom stereocenters. The first-order chi connectivity index (χ1) is 17.1. The van der Waals surface area contributed by atoms with Crippen LogP contribution in [0.1, 0.15) is 41.7 Å². The van der Waals surface area contributed by atoms with E-state index in [0.717, 1.165) is 51.3 Å². The summed E-state index contributed by atoms with van der Waals surface area (Å²) in [5.74, 6) is 0.783. The van der Waals surface area contributed by atoms with Gasteiger partial charge in [0.05, 0.1) is 11.9 Å². The molecule has 184 valence electrons. The van der Waals surface area contributed by atoms with Gasteiger partial charge in [0.25, 0.3) is 5.91 Å². The van der Waals surface area contributed by atoms with E-state index >= 15 is 0 Å². The molecular weight excluding hydrogens is 444 g/mol. The number of anilines is 3. The van der Waals surface area contributed by atoms with E-state index in [0.29, 0.717) is 23.1 Å². The van der Waals surface area contributed by atoms with Gasteiger partial charge in [-0.2, -0.15) is 5.10 Å². The zero-order chi connectivity index (χ0) is 24.0. The average Bonchev–Trinajstić information content (AvgIpc) is 3.54. The summed E-state index contributed by atoms with van der Waals surface area (Å²) < 4.78 is 5.96. The normalized spacial score (nSPS) is 17.4. The third-order valence-electron chi connectivity index (χ3n) is 6.57. The van der Waals surface area contributed by atoms with Gasteiger partial charge in [0.2, 0.25) is 5.88 Å². The fraction of sp³-hybridized carbons (Fsp3) is 0.440. The van der Waals surface area contributed by atoms with E-state index in [1.54, 1.807) is 12.3 Å². The van der Waals surface area contributed by atoms with E-state index in [2.05, 4.69) is 59.8 Å². The van der Waals surface area contributed by atoms with Crippen molar-refractivity contribution in [1.29, 1.82) is 0 Å². The van der Waals surface area contributed by atoms with Crippen molar-refractivity contribution in [1.82, 2.24) is 30.0 Å². The molecule has 1 amide bonds. The summed E-state index contributed by atoms with van der Waals surface area (Å²) in [7, 11) is 2.16. The number of amides is 1. The Kier molecular flexibility index (Phi) is 7.20. The molecule has 1 saturated carbocycles. The third-order valence-corrected chi connectivity index (χ3v) is 6.57. The molecule has 2 aromatic heterocycles. The van der Waals surface area contributed by atoms with Gasteiger partial charge in [-0.25, -0.2) is 9.97 Å². The number of hydrogen-bond donors (Lipinski definition) is 3. The molecule has 35 heavy (non-hydrogen) atoms. The van der Waals surface area contributed by atoms with E-state index in [-0.39, 0.29) is 12.0 Å². The second kappa shape index (κ2) is 10.8. The summed E-state index contributed by atoms with van der Waals surface area (Å²) in [5, 5.41) is 12.9. The minimum Gasteiger partial charge on any atom is -0.474 e. The fourth-order valence-electron chi connectivity index (χ4n) is 4.49. The number of H-pyrrole nitrogens is 1. The third kappa shape index (κ3) is 6.14. The maximum Gasteiger partial charge on any atom is 0.275 e. The number of likely N-dealkylation sites (N-methyl/N-ethyl adjacent to an activating group) is 1. The van der Waals surface area contributed by atoms with Crippen LogP contribution in [0, 0.1) is 0 Å². The number of nitrogens with one attached hydrogen (secondary N) is 3. The average molecular weight is 477 g/mol. The number of benzene rings is 1. The summed E-state index contributed by atoms with van der Waals surface area (Å²) >= 11 is 0. The number of rotatable bonds is 8. The summed E-state index contributed by atoms with van der Waals surface area (Å²) in [6.45, 7) is 5.26. The first-order valence-electron chi connectivity index (χ1n) is 12.2. The van der Waals surface area contributed by atoms with Gasteiger partial charge in [-0.3, -0.25) is 14.8 Å². The summed E-state index contributed by atoms with van der Waals surface area (Å²) in [6, 6.07) is 9.74. The molecule has 5 rings (SSSR count). The molecule has 10 nitrogen and oxygen atoms in total. The van der Waals surface area contributed by atoms with Crippen LogP contribution < -0.4 is 15.4 Å². The van der Waals surface area contributed by atoms with Crippen molar-refractivity contribution in [3.8, 4) is 5.88 Å². The summed E-state index contributed by atoms with van der Waals surface area (Å²) in [5.41, 5.74) is 2.81. The molecule has 1 aromatic carbocycles. The Morgan fingerprint density at radius 1 is 1.11 bits per heavy atom. The lowest BCUT2D eigenvalue weighted by molar-refractivity contribution is 0.102. The quantitative estimate of drug-likeness (QED) is 0.454. The van der Waals surface area contributed by atoms with E-state index in [1.165, 1.54) is 24.7 Å². The molecular formula is C25H32N8O2. The predicted molar refractivity (Wildman–Crippen MR) is 134 cm³/mol. The highest BCUT2D eigenvalue weighted by molar-refractivity contribution is 6.06. The van der Waals surface area contributed by atoms with Gasteiger partial charge in [0.1, 0.15) is 23.9 Å². The van der Waals surface area contributed by atoms with Crippen LogP contribution >= 0.6 is 0 Å². The zero-order valence-electron chi connectivity index (χ0n) is 20.0. The lowest BCUT2D eigenvalue weighted by atomic mass is 10.1. The topological polar surface area (TPSA) is 111 Å². The number of piperazine rings is 1. The van der Waals surface area contributed by atoms with Crippen molar-refractivity contribution in [3.05, 3.63) is 54.1 Å². The van der Waals surface area contributed by atoms with Crippen LogP contribution in [0.5, 0.6) is 5.88 Å². The molecule has 10 heteroatoms. The van der Waals surface area contributed by atoms with E-state index < -0.39 is 0 Å². The van der Waals surface area contributed by atoms with Crippen molar-refractivity contribution in [3.63, 3.8) is 0 Å². The maximum absolute atomic E-state index is 12.9. The Morgan fingerprint density at radius 2 is 1.89 bits per heavy atom. The Balaban J connectivity index is 1.18. The minimum absolute atomic E-state index is 0.209. The second-order valence-corrected chi connectivity index (χ2v) is 9.28. The molecule has 2 aliphatic rings. The molecule has 3 heterocycles. The van der Waals surface area contributed by atoms with Crippen LogP contribution in [0.3, 0.4) is 0 Å². The SMILES string of the molecule is CN1CCN(Cc2ccc(NC(=O)c3[nH]ncc3Nc3cc(OC4CCCC4)ncn3)cc2)CC1. The van der Waals surface area contributed by atoms with Crippen LogP contribution in [0.4, 0.5) is 17.2 Å². The molecule has 1 aliphatic carbocycles. The van der Waals surface area contributed by atoms with Gasteiger partial charge in [0.15, 0.2) is 0 Å². The van der Waals surface area contributed by atoms with Crippen molar-refractivity contribution in [2.75, 3.05) is 43.9 Å². The number of hydrogen-bond acceptors (Lipinski definition) is 8. The number of carbonyl (C=O) groups excluding carboxylic acids is 1. The van der Waals surface area contributed by atoms with Gasteiger partial charge >= 0.3 is 0 Å². The maximum atomic E-state index is 12.9. The molecule has 1 aliphatic heterocycles. The number of ether oxygens (including phenoxy) is 1. The van der Waals surface area contributed by atoms with Crippen LogP contribution in [0.2, 0.25) is 0 Å². The van der Waals surface area contributed by atoms with Gasteiger partial charge in [0, 0.05) is 44.5 Å². The van der Waals surface area contributed by atoms with Crippen LogP contribution in [-0.2, 0) is 6.54 Å². The van der Waals surface area contributed by atoms with Gasteiger partial charge in [-0.1, -0.05) is 12.1 Å². The summed E-state index contributed by atoms with van der Waals surface area (Å²) in [6.07, 6.45) is 7.71. The monoisotopic (exact) mass is 476 g/mol. The Hall–Kier alpha value is -3.50. The minimum atomic E-state index is -0.284. The molecule has 0 bridgehead atoms. The van der Waals surface area contributed by atoms with Crippen molar-refractivity contribution in [2.45, 2.75) is 38.3 Å².